The molecule has 0 radical (unpaired) electrons. The van der Waals surface area contributed by atoms with E-state index in [1.807, 2.05) is 19.9 Å². The minimum absolute atomic E-state index is 0.0488. The van der Waals surface area contributed by atoms with Crippen LogP contribution in [0.2, 0.25) is 0 Å². The van der Waals surface area contributed by atoms with Crippen LogP contribution in [0.25, 0.3) is 6.08 Å². The van der Waals surface area contributed by atoms with Crippen molar-refractivity contribution in [2.45, 2.75) is 64.2 Å². The molecule has 0 spiro atoms. The molecule has 0 unspecified atom stereocenters. The van der Waals surface area contributed by atoms with Crippen LogP contribution in [0.5, 0.6) is 0 Å². The summed E-state index contributed by atoms with van der Waals surface area (Å²) in [7, 11) is 0. The summed E-state index contributed by atoms with van der Waals surface area (Å²) in [6.45, 7) is 5.38. The Balaban J connectivity index is 1.63. The van der Waals surface area contributed by atoms with Gasteiger partial charge in [-0.3, -0.25) is 10.1 Å². The summed E-state index contributed by atoms with van der Waals surface area (Å²) in [5, 5.41) is 22.8. The summed E-state index contributed by atoms with van der Waals surface area (Å²) < 4.78 is 5.49. The molecule has 0 aliphatic heterocycles. The van der Waals surface area contributed by atoms with Gasteiger partial charge in [0.1, 0.15) is 11.8 Å². The van der Waals surface area contributed by atoms with E-state index in [1.54, 1.807) is 25.4 Å². The summed E-state index contributed by atoms with van der Waals surface area (Å²) in [5.41, 5.74) is 7.59. The normalized spacial score (nSPS) is 20.2. The van der Waals surface area contributed by atoms with E-state index in [9.17, 15) is 9.90 Å². The number of nitrogens with zero attached hydrogens (tertiary/aromatic N) is 3. The number of amides is 1. The summed E-state index contributed by atoms with van der Waals surface area (Å²) in [6, 6.07) is 1.97. The van der Waals surface area contributed by atoms with E-state index < -0.39 is 6.10 Å². The number of H-pyrrole nitrogens is 1. The van der Waals surface area contributed by atoms with Crippen LogP contribution in [0.1, 0.15) is 57.3 Å². The molecule has 30 heavy (non-hydrogen) atoms. The number of aliphatic hydroxyl groups is 1. The van der Waals surface area contributed by atoms with Crippen molar-refractivity contribution in [1.29, 1.82) is 0 Å². The summed E-state index contributed by atoms with van der Waals surface area (Å²) in [5.74, 6) is 1.31. The average Bonchev–Trinajstić information content (AvgIpc) is 3.32. The van der Waals surface area contributed by atoms with Crippen molar-refractivity contribution in [2.24, 2.45) is 5.73 Å². The lowest BCUT2D eigenvalue weighted by molar-refractivity contribution is 0.0981. The Labute approximate surface area is 175 Å². The Morgan fingerprint density at radius 1 is 1.33 bits per heavy atom. The number of rotatable bonds is 7. The van der Waals surface area contributed by atoms with Crippen LogP contribution in [-0.2, 0) is 4.74 Å². The van der Waals surface area contributed by atoms with Crippen LogP contribution < -0.4 is 16.4 Å². The molecule has 2 heterocycles. The second-order valence-corrected chi connectivity index (χ2v) is 7.78. The van der Waals surface area contributed by atoms with Gasteiger partial charge >= 0.3 is 6.09 Å². The van der Waals surface area contributed by atoms with Crippen molar-refractivity contribution in [2.75, 3.05) is 5.32 Å². The molecule has 1 aliphatic carbocycles. The van der Waals surface area contributed by atoms with E-state index in [-0.39, 0.29) is 24.2 Å². The number of nitrogens with two attached hydrogens (primary N) is 1. The molecule has 1 amide bonds. The molecular formula is C20H29N7O3. The molecule has 162 valence electrons. The first-order valence-corrected chi connectivity index (χ1v) is 10.1. The molecule has 0 bridgehead atoms. The maximum Gasteiger partial charge on any atom is 0.407 e. The largest absolute Gasteiger partial charge is 0.446 e. The van der Waals surface area contributed by atoms with Gasteiger partial charge in [0.15, 0.2) is 11.6 Å². The number of nitrogens with one attached hydrogen (secondary N) is 3. The number of ether oxygens (including phenoxy) is 1. The number of aliphatic hydroxyl groups excluding tert-OH is 1. The molecule has 1 fully saturated rings. The molecule has 10 nitrogen and oxygen atoms in total. The van der Waals surface area contributed by atoms with Crippen LogP contribution in [0, 0.1) is 0 Å². The monoisotopic (exact) mass is 415 g/mol. The smallest absolute Gasteiger partial charge is 0.407 e. The number of carbonyl (C=O) groups excluding carboxylic acids is 1. The van der Waals surface area contributed by atoms with Gasteiger partial charge in [0, 0.05) is 41.8 Å². The molecule has 2 aromatic rings. The van der Waals surface area contributed by atoms with E-state index in [2.05, 4.69) is 30.8 Å². The molecule has 1 aliphatic rings. The number of aromatic amines is 1. The summed E-state index contributed by atoms with van der Waals surface area (Å²) in [4.78, 5) is 20.3. The van der Waals surface area contributed by atoms with E-state index in [0.717, 1.165) is 25.0 Å². The highest BCUT2D eigenvalue weighted by atomic mass is 16.6. The van der Waals surface area contributed by atoms with Gasteiger partial charge < -0.3 is 26.2 Å². The van der Waals surface area contributed by atoms with Gasteiger partial charge in [0.2, 0.25) is 0 Å². The molecule has 2 aromatic heterocycles. The van der Waals surface area contributed by atoms with Crippen molar-refractivity contribution in [3.63, 3.8) is 0 Å². The fraction of sp³-hybridized carbons (Fsp3) is 0.500. The highest BCUT2D eigenvalue weighted by Gasteiger charge is 2.30. The van der Waals surface area contributed by atoms with E-state index in [4.69, 9.17) is 10.5 Å². The van der Waals surface area contributed by atoms with Crippen LogP contribution in [-0.4, -0.2) is 49.6 Å². The third-order valence-electron chi connectivity index (χ3n) is 4.86. The van der Waals surface area contributed by atoms with Crippen molar-refractivity contribution >= 4 is 23.8 Å². The first-order valence-electron chi connectivity index (χ1n) is 10.1. The SMILES string of the molecule is CC(C)NC(=O)O[C@@H]1CC[C@H](c2cc(Nc3nccnc3C=C(N)[C@@H](C)O)n[nH]2)C1. The molecule has 3 atom stereocenters. The Kier molecular flexibility index (Phi) is 6.88. The minimum Gasteiger partial charge on any atom is -0.446 e. The lowest BCUT2D eigenvalue weighted by atomic mass is 10.0. The number of hydrogen-bond donors (Lipinski definition) is 5. The molecule has 0 aromatic carbocycles. The second-order valence-electron chi connectivity index (χ2n) is 7.78. The topological polar surface area (TPSA) is 151 Å². The number of carbonyl (C=O) groups is 1. The molecule has 3 rings (SSSR count). The third-order valence-corrected chi connectivity index (χ3v) is 4.86. The molecule has 6 N–H and O–H groups in total. The highest BCUT2D eigenvalue weighted by molar-refractivity contribution is 5.68. The van der Waals surface area contributed by atoms with Gasteiger partial charge in [0.25, 0.3) is 0 Å². The highest BCUT2D eigenvalue weighted by Crippen LogP contribution is 2.36. The van der Waals surface area contributed by atoms with Gasteiger partial charge in [-0.2, -0.15) is 5.10 Å². The number of aromatic nitrogens is 4. The summed E-state index contributed by atoms with van der Waals surface area (Å²) >= 11 is 0. The van der Waals surface area contributed by atoms with Crippen LogP contribution in [0.4, 0.5) is 16.4 Å². The van der Waals surface area contributed by atoms with Crippen molar-refractivity contribution < 1.29 is 14.6 Å². The Bertz CT molecular complexity index is 894. The zero-order valence-corrected chi connectivity index (χ0v) is 17.4. The van der Waals surface area contributed by atoms with E-state index in [0.29, 0.717) is 23.0 Å². The number of anilines is 2. The molecule has 10 heteroatoms. The summed E-state index contributed by atoms with van der Waals surface area (Å²) in [6.07, 6.45) is 5.91. The fourth-order valence-electron chi connectivity index (χ4n) is 3.31. The third kappa shape index (κ3) is 5.69. The van der Waals surface area contributed by atoms with Gasteiger partial charge in [0.05, 0.1) is 6.10 Å². The second kappa shape index (κ2) is 9.57. The zero-order valence-electron chi connectivity index (χ0n) is 17.4. The van der Waals surface area contributed by atoms with Gasteiger partial charge in [-0.1, -0.05) is 0 Å². The van der Waals surface area contributed by atoms with E-state index >= 15 is 0 Å². The van der Waals surface area contributed by atoms with Crippen molar-refractivity contribution in [3.8, 4) is 0 Å². The zero-order chi connectivity index (χ0) is 21.7. The quantitative estimate of drug-likeness (QED) is 0.462. The van der Waals surface area contributed by atoms with Crippen molar-refractivity contribution in [1.82, 2.24) is 25.5 Å². The fourth-order valence-corrected chi connectivity index (χ4v) is 3.31. The van der Waals surface area contributed by atoms with E-state index in [1.165, 1.54) is 0 Å². The molecular weight excluding hydrogens is 386 g/mol. The lowest BCUT2D eigenvalue weighted by Gasteiger charge is -2.14. The molecule has 0 saturated heterocycles. The van der Waals surface area contributed by atoms with Gasteiger partial charge in [-0.15, -0.1) is 0 Å². The average molecular weight is 415 g/mol. The van der Waals surface area contributed by atoms with Crippen LogP contribution >= 0.6 is 0 Å². The number of alkyl carbamates (subject to hydrolysis) is 1. The number of hydrogen-bond acceptors (Lipinski definition) is 8. The predicted molar refractivity (Wildman–Crippen MR) is 113 cm³/mol. The Morgan fingerprint density at radius 2 is 2.10 bits per heavy atom. The maximum absolute atomic E-state index is 11.8. The minimum atomic E-state index is -0.781. The first-order chi connectivity index (χ1) is 14.3. The molecule has 1 saturated carbocycles. The van der Waals surface area contributed by atoms with Gasteiger partial charge in [-0.05, 0) is 46.1 Å². The first kappa shape index (κ1) is 21.6. The Hall–Kier alpha value is -3.14. The van der Waals surface area contributed by atoms with Gasteiger partial charge in [-0.25, -0.2) is 9.78 Å². The standard InChI is InChI=1S/C20H29N7O3/c1-11(2)24-20(29)30-14-5-4-13(8-14)16-10-18(27-26-16)25-19-17(22-6-7-23-19)9-15(21)12(3)28/h6-7,9-14,28H,4-5,8,21H2,1-3H3,(H,24,29)(H2,23,25,26,27)/t12-,13+,14-/m1/s1. The van der Waals surface area contributed by atoms with Crippen molar-refractivity contribution in [3.05, 3.63) is 35.5 Å². The lowest BCUT2D eigenvalue weighted by Crippen LogP contribution is -2.33. The van der Waals surface area contributed by atoms with Crippen LogP contribution in [0.15, 0.2) is 24.2 Å². The van der Waals surface area contributed by atoms with Crippen LogP contribution in [0.3, 0.4) is 0 Å². The predicted octanol–water partition coefficient (Wildman–Crippen LogP) is 2.39. The maximum atomic E-state index is 11.8. The Morgan fingerprint density at radius 3 is 2.83 bits per heavy atom.